The number of fused-ring (bicyclic) bond motifs is 2. The van der Waals surface area contributed by atoms with Gasteiger partial charge in [0.05, 0.1) is 10.8 Å². The van der Waals surface area contributed by atoms with Crippen LogP contribution in [0.1, 0.15) is 38.8 Å². The molecule has 0 aliphatic carbocycles. The lowest BCUT2D eigenvalue weighted by Crippen LogP contribution is -3.00. The Labute approximate surface area is 192 Å². The summed E-state index contributed by atoms with van der Waals surface area (Å²) < 4.78 is 4.41. The van der Waals surface area contributed by atoms with Crippen molar-refractivity contribution in [3.8, 4) is 0 Å². The molecule has 140 valence electrons. The van der Waals surface area contributed by atoms with Crippen LogP contribution in [0.2, 0.25) is 0 Å². The molecule has 2 aliphatic rings. The average Bonchev–Trinajstić information content (AvgIpc) is 2.91. The molecule has 0 saturated heterocycles. The van der Waals surface area contributed by atoms with Gasteiger partial charge in [0, 0.05) is 23.3 Å². The molecule has 2 heterocycles. The standard InChI is InChI=1S/2C11H14N.2HI/c2*1-11(2)8-12(3)10-7-5-4-6-9(10)11;;/h2*4-8H,1-3H3;2*1H/q2*+1;;/p-2. The molecule has 2 aromatic carbocycles. The van der Waals surface area contributed by atoms with Crippen molar-refractivity contribution in [2.75, 3.05) is 14.1 Å². The number of benzene rings is 2. The maximum atomic E-state index is 2.26. The van der Waals surface area contributed by atoms with E-state index in [2.05, 4.69) is 112 Å². The highest BCUT2D eigenvalue weighted by molar-refractivity contribution is 5.77. The van der Waals surface area contributed by atoms with Gasteiger partial charge in [0.1, 0.15) is 14.1 Å². The summed E-state index contributed by atoms with van der Waals surface area (Å²) in [5.74, 6) is 0. The Morgan fingerprint density at radius 1 is 0.577 bits per heavy atom. The normalized spacial score (nSPS) is 17.3. The molecule has 0 atom stereocenters. The Balaban J connectivity index is 0.000000241. The van der Waals surface area contributed by atoms with Gasteiger partial charge in [0.25, 0.3) is 0 Å². The van der Waals surface area contributed by atoms with Crippen molar-refractivity contribution in [3.63, 3.8) is 0 Å². The summed E-state index contributed by atoms with van der Waals surface area (Å²) in [7, 11) is 4.21. The topological polar surface area (TPSA) is 6.02 Å². The van der Waals surface area contributed by atoms with Crippen LogP contribution in [-0.4, -0.2) is 35.7 Å². The highest BCUT2D eigenvalue weighted by Gasteiger charge is 2.35. The van der Waals surface area contributed by atoms with E-state index in [4.69, 9.17) is 0 Å². The van der Waals surface area contributed by atoms with Crippen molar-refractivity contribution in [1.29, 1.82) is 0 Å². The Hall–Kier alpha value is -0.760. The first-order chi connectivity index (χ1) is 11.2. The lowest BCUT2D eigenvalue weighted by Gasteiger charge is -2.09. The summed E-state index contributed by atoms with van der Waals surface area (Å²) in [6.45, 7) is 8.98. The molecule has 0 fully saturated rings. The SMILES string of the molecule is C[N+]1=CC(C)(C)c2ccccc21.C[N+]1=CC(C)(C)c2ccccc21.[I-].[I-]. The van der Waals surface area contributed by atoms with Crippen LogP contribution in [-0.2, 0) is 10.8 Å². The molecular weight excluding hydrogens is 546 g/mol. The molecule has 0 radical (unpaired) electrons. The number of para-hydroxylation sites is 2. The van der Waals surface area contributed by atoms with Crippen molar-refractivity contribution >= 4 is 23.8 Å². The Morgan fingerprint density at radius 2 is 0.885 bits per heavy atom. The molecule has 0 spiro atoms. The van der Waals surface area contributed by atoms with Gasteiger partial charge in [0.15, 0.2) is 12.4 Å². The van der Waals surface area contributed by atoms with Crippen LogP contribution in [0.5, 0.6) is 0 Å². The molecule has 0 unspecified atom stereocenters. The van der Waals surface area contributed by atoms with Crippen molar-refractivity contribution in [2.45, 2.75) is 38.5 Å². The van der Waals surface area contributed by atoms with E-state index in [0.717, 1.165) is 0 Å². The number of halogens is 2. The van der Waals surface area contributed by atoms with E-state index >= 15 is 0 Å². The third kappa shape index (κ3) is 4.38. The smallest absolute Gasteiger partial charge is 0.209 e. The third-order valence-corrected chi connectivity index (χ3v) is 4.99. The predicted molar refractivity (Wildman–Crippen MR) is 103 cm³/mol. The summed E-state index contributed by atoms with van der Waals surface area (Å²) >= 11 is 0. The van der Waals surface area contributed by atoms with Crippen LogP contribution < -0.4 is 48.0 Å². The summed E-state index contributed by atoms with van der Waals surface area (Å²) in [4.78, 5) is 0. The zero-order valence-electron chi connectivity index (χ0n) is 16.4. The van der Waals surface area contributed by atoms with E-state index in [1.165, 1.54) is 22.5 Å². The molecule has 4 heteroatoms. The molecule has 0 amide bonds. The monoisotopic (exact) mass is 574 g/mol. The van der Waals surface area contributed by atoms with Gasteiger partial charge in [-0.1, -0.05) is 36.4 Å². The van der Waals surface area contributed by atoms with E-state index in [1.54, 1.807) is 0 Å². The molecule has 2 aromatic rings. The van der Waals surface area contributed by atoms with E-state index < -0.39 is 0 Å². The van der Waals surface area contributed by atoms with Crippen LogP contribution in [0.4, 0.5) is 11.4 Å². The first kappa shape index (κ1) is 23.3. The van der Waals surface area contributed by atoms with Gasteiger partial charge >= 0.3 is 0 Å². The maximum Gasteiger partial charge on any atom is 0.209 e. The molecule has 0 aromatic heterocycles. The number of hydrogen-bond acceptors (Lipinski definition) is 0. The van der Waals surface area contributed by atoms with Gasteiger partial charge in [-0.3, -0.25) is 0 Å². The largest absolute Gasteiger partial charge is 1.00 e. The molecule has 26 heavy (non-hydrogen) atoms. The molecule has 0 N–H and O–H groups in total. The minimum Gasteiger partial charge on any atom is -1.00 e. The predicted octanol–water partition coefficient (Wildman–Crippen LogP) is -1.35. The Morgan fingerprint density at radius 3 is 1.19 bits per heavy atom. The molecule has 0 bridgehead atoms. The van der Waals surface area contributed by atoms with Gasteiger partial charge in [-0.15, -0.1) is 0 Å². The van der Waals surface area contributed by atoms with E-state index in [9.17, 15) is 0 Å². The van der Waals surface area contributed by atoms with Gasteiger partial charge in [-0.05, 0) is 27.7 Å². The fraction of sp³-hybridized carbons (Fsp3) is 0.364. The fourth-order valence-corrected chi connectivity index (χ4v) is 3.90. The van der Waals surface area contributed by atoms with Gasteiger partial charge in [-0.2, -0.15) is 0 Å². The fourth-order valence-electron chi connectivity index (χ4n) is 3.90. The number of rotatable bonds is 0. The first-order valence-corrected chi connectivity index (χ1v) is 8.59. The van der Waals surface area contributed by atoms with Crippen LogP contribution in [0.25, 0.3) is 0 Å². The second-order valence-electron chi connectivity index (χ2n) is 7.96. The van der Waals surface area contributed by atoms with Gasteiger partial charge < -0.3 is 48.0 Å². The molecular formula is C22H28I2N2. The van der Waals surface area contributed by atoms with Crippen LogP contribution in [0.15, 0.2) is 48.5 Å². The zero-order valence-corrected chi connectivity index (χ0v) is 20.7. The summed E-state index contributed by atoms with van der Waals surface area (Å²) in [6.07, 6.45) is 4.52. The summed E-state index contributed by atoms with van der Waals surface area (Å²) in [6, 6.07) is 17.1. The number of hydrogen-bond donors (Lipinski definition) is 0. The molecule has 2 nitrogen and oxygen atoms in total. The van der Waals surface area contributed by atoms with Gasteiger partial charge in [0.2, 0.25) is 11.4 Å². The van der Waals surface area contributed by atoms with E-state index in [0.29, 0.717) is 0 Å². The van der Waals surface area contributed by atoms with E-state index in [-0.39, 0.29) is 58.8 Å². The van der Waals surface area contributed by atoms with Crippen molar-refractivity contribution in [3.05, 3.63) is 59.7 Å². The average molecular weight is 574 g/mol. The summed E-state index contributed by atoms with van der Waals surface area (Å²) in [5.41, 5.74) is 5.92. The Kier molecular flexibility index (Phi) is 7.61. The second-order valence-corrected chi connectivity index (χ2v) is 7.96. The lowest BCUT2D eigenvalue weighted by molar-refractivity contribution is -0.397. The maximum absolute atomic E-state index is 2.26. The minimum absolute atomic E-state index is 0. The molecule has 0 saturated carbocycles. The third-order valence-electron chi connectivity index (χ3n) is 4.99. The lowest BCUT2D eigenvalue weighted by atomic mass is 9.87. The highest BCUT2D eigenvalue weighted by atomic mass is 127. The zero-order chi connectivity index (χ0) is 17.5. The van der Waals surface area contributed by atoms with Crippen molar-refractivity contribution in [2.24, 2.45) is 0 Å². The van der Waals surface area contributed by atoms with Crippen molar-refractivity contribution < 1.29 is 57.1 Å². The highest BCUT2D eigenvalue weighted by Crippen LogP contribution is 2.35. The van der Waals surface area contributed by atoms with Crippen LogP contribution in [0, 0.1) is 0 Å². The quantitative estimate of drug-likeness (QED) is 0.272. The van der Waals surface area contributed by atoms with Gasteiger partial charge in [-0.25, -0.2) is 9.15 Å². The Bertz CT molecular complexity index is 777. The summed E-state index contributed by atoms with van der Waals surface area (Å²) in [5, 5.41) is 0. The van der Waals surface area contributed by atoms with Crippen molar-refractivity contribution in [1.82, 2.24) is 0 Å². The molecule has 2 aliphatic heterocycles. The minimum atomic E-state index is 0. The number of nitrogens with zero attached hydrogens (tertiary/aromatic N) is 2. The van der Waals surface area contributed by atoms with Crippen LogP contribution >= 0.6 is 0 Å². The second kappa shape index (κ2) is 8.50. The van der Waals surface area contributed by atoms with Crippen LogP contribution in [0.3, 0.4) is 0 Å². The van der Waals surface area contributed by atoms with E-state index in [1.807, 2.05) is 0 Å². The first-order valence-electron chi connectivity index (χ1n) is 8.59. The molecule has 4 rings (SSSR count).